The minimum absolute atomic E-state index is 0.136. The summed E-state index contributed by atoms with van der Waals surface area (Å²) in [4.78, 5) is 29.3. The van der Waals surface area contributed by atoms with Gasteiger partial charge in [0, 0.05) is 42.1 Å². The molecular weight excluding hydrogens is 450 g/mol. The van der Waals surface area contributed by atoms with E-state index in [-0.39, 0.29) is 19.1 Å². The summed E-state index contributed by atoms with van der Waals surface area (Å²) in [6.45, 7) is 2.22. The summed E-state index contributed by atoms with van der Waals surface area (Å²) in [6, 6.07) is 2.06. The van der Waals surface area contributed by atoms with Crippen molar-refractivity contribution in [2.75, 3.05) is 46.9 Å². The van der Waals surface area contributed by atoms with Crippen LogP contribution in [0.4, 0.5) is 0 Å². The van der Waals surface area contributed by atoms with Crippen LogP contribution in [0.5, 0.6) is 0 Å². The molecule has 168 valence electrons. The number of nitrogens with one attached hydrogen (secondary N) is 1. The van der Waals surface area contributed by atoms with Crippen LogP contribution in [0.1, 0.15) is 17.1 Å². The van der Waals surface area contributed by atoms with Crippen LogP contribution in [-0.2, 0) is 15.1 Å². The predicted octanol–water partition coefficient (Wildman–Crippen LogP) is 2.73. The average Bonchev–Trinajstić information content (AvgIpc) is 3.39. The third-order valence-electron chi connectivity index (χ3n) is 5.80. The van der Waals surface area contributed by atoms with Crippen molar-refractivity contribution in [3.63, 3.8) is 0 Å². The molecule has 0 spiro atoms. The number of H-pyrrole nitrogens is 1. The first-order chi connectivity index (χ1) is 15.3. The predicted molar refractivity (Wildman–Crippen MR) is 125 cm³/mol. The molecule has 1 fully saturated rings. The van der Waals surface area contributed by atoms with Crippen LogP contribution in [0.3, 0.4) is 0 Å². The number of aromatic nitrogens is 3. The van der Waals surface area contributed by atoms with Gasteiger partial charge >= 0.3 is 0 Å². The van der Waals surface area contributed by atoms with Crippen molar-refractivity contribution in [2.45, 2.75) is 12.0 Å². The van der Waals surface area contributed by atoms with E-state index in [1.165, 1.54) is 11.3 Å². The van der Waals surface area contributed by atoms with Crippen molar-refractivity contribution >= 4 is 45.5 Å². The highest BCUT2D eigenvalue weighted by Crippen LogP contribution is 2.41. The Balaban J connectivity index is 1.44. The maximum atomic E-state index is 12.3. The lowest BCUT2D eigenvalue weighted by atomic mass is 10.0. The molecule has 1 amide bonds. The molecule has 0 bridgehead atoms. The topological polar surface area (TPSA) is 94.6 Å². The van der Waals surface area contributed by atoms with E-state index in [1.807, 2.05) is 23.9 Å². The number of carbonyl (C=O) groups excluding carboxylic acids is 1. The Hall–Kier alpha value is -2.30. The number of amides is 1. The molecule has 5 rings (SSSR count). The molecule has 0 aliphatic carbocycles. The van der Waals surface area contributed by atoms with Crippen LogP contribution >= 0.6 is 22.9 Å². The van der Waals surface area contributed by atoms with Gasteiger partial charge in [0.05, 0.1) is 29.7 Å². The third-order valence-corrected chi connectivity index (χ3v) is 7.30. The number of thiazole rings is 1. The second-order valence-corrected chi connectivity index (χ2v) is 9.98. The number of hydrogen-bond donors (Lipinski definition) is 2. The summed E-state index contributed by atoms with van der Waals surface area (Å²) >= 11 is 7.97. The number of rotatable bonds is 5. The van der Waals surface area contributed by atoms with E-state index >= 15 is 0 Å². The van der Waals surface area contributed by atoms with Gasteiger partial charge in [-0.1, -0.05) is 17.7 Å². The molecule has 0 unspecified atom stereocenters. The van der Waals surface area contributed by atoms with Crippen molar-refractivity contribution in [3.05, 3.63) is 40.3 Å². The molecule has 1 saturated heterocycles. The second-order valence-electron chi connectivity index (χ2n) is 8.54. The van der Waals surface area contributed by atoms with E-state index in [0.29, 0.717) is 29.7 Å². The summed E-state index contributed by atoms with van der Waals surface area (Å²) in [6.07, 6.45) is 6.25. The number of likely N-dealkylation sites (N-methyl/N-ethyl adjacent to an activating group) is 1. The van der Waals surface area contributed by atoms with E-state index in [4.69, 9.17) is 16.3 Å². The Morgan fingerprint density at radius 2 is 2.19 bits per heavy atom. The van der Waals surface area contributed by atoms with Crippen molar-refractivity contribution < 1.29 is 14.6 Å². The second kappa shape index (κ2) is 8.24. The minimum Gasteiger partial charge on any atom is -0.378 e. The maximum Gasteiger partial charge on any atom is 0.237 e. The van der Waals surface area contributed by atoms with Crippen LogP contribution in [0.15, 0.2) is 24.5 Å². The molecule has 32 heavy (non-hydrogen) atoms. The summed E-state index contributed by atoms with van der Waals surface area (Å²) in [5.41, 5.74) is 2.72. The van der Waals surface area contributed by atoms with Gasteiger partial charge in [0.25, 0.3) is 0 Å². The third kappa shape index (κ3) is 3.84. The van der Waals surface area contributed by atoms with Gasteiger partial charge in [-0.05, 0) is 32.2 Å². The van der Waals surface area contributed by atoms with Gasteiger partial charge in [0.1, 0.15) is 10.7 Å². The first kappa shape index (κ1) is 21.5. The van der Waals surface area contributed by atoms with Crippen molar-refractivity contribution in [1.82, 2.24) is 24.8 Å². The average molecular weight is 474 g/mol. The smallest absolute Gasteiger partial charge is 0.237 e. The van der Waals surface area contributed by atoms with Crippen LogP contribution < -0.4 is 0 Å². The lowest BCUT2D eigenvalue weighted by molar-refractivity contribution is -0.184. The number of carbonyl (C=O) groups is 1. The minimum atomic E-state index is -1.01. The zero-order valence-corrected chi connectivity index (χ0v) is 19.5. The van der Waals surface area contributed by atoms with Gasteiger partial charge in [-0.15, -0.1) is 11.3 Å². The van der Waals surface area contributed by atoms with Gasteiger partial charge in [0.2, 0.25) is 5.91 Å². The maximum absolute atomic E-state index is 12.3. The van der Waals surface area contributed by atoms with Crippen molar-refractivity contribution in [3.8, 4) is 10.4 Å². The van der Waals surface area contributed by atoms with E-state index in [9.17, 15) is 9.90 Å². The van der Waals surface area contributed by atoms with Crippen LogP contribution in [0.2, 0.25) is 5.02 Å². The van der Waals surface area contributed by atoms with Gasteiger partial charge in [-0.2, -0.15) is 0 Å². The Kier molecular flexibility index (Phi) is 5.55. The number of aliphatic hydroxyl groups is 1. The largest absolute Gasteiger partial charge is 0.378 e. The summed E-state index contributed by atoms with van der Waals surface area (Å²) in [5, 5.41) is 12.6. The van der Waals surface area contributed by atoms with E-state index < -0.39 is 5.60 Å². The number of fused-ring (bicyclic) bond motifs is 1. The first-order valence-corrected chi connectivity index (χ1v) is 11.6. The molecule has 8 nitrogen and oxygen atoms in total. The molecule has 3 aromatic rings. The molecular formula is C22H24ClN5O3S. The van der Waals surface area contributed by atoms with Gasteiger partial charge < -0.3 is 24.6 Å². The zero-order chi connectivity index (χ0) is 22.5. The molecule has 0 atom stereocenters. The summed E-state index contributed by atoms with van der Waals surface area (Å²) in [7, 11) is 3.80. The first-order valence-electron chi connectivity index (χ1n) is 10.4. The molecule has 10 heteroatoms. The molecule has 0 saturated carbocycles. The van der Waals surface area contributed by atoms with Gasteiger partial charge in [-0.25, -0.2) is 9.97 Å². The number of aromatic amines is 1. The quantitative estimate of drug-likeness (QED) is 0.591. The lowest BCUT2D eigenvalue weighted by Gasteiger charge is -2.34. The molecule has 0 radical (unpaired) electrons. The van der Waals surface area contributed by atoms with Gasteiger partial charge in [0.15, 0.2) is 5.60 Å². The van der Waals surface area contributed by atoms with E-state index in [1.54, 1.807) is 12.4 Å². The standard InChI is InChI=1S/C22H24ClN5O3S/c1-27(2)10-18(29)28-5-3-13(4-6-28)16-7-14-19(15(23)8-24-20(14)26-16)17-9-25-21(32-17)22(30)11-31-12-22/h3,7-9,30H,4-6,10-12H2,1-2H3,(H,24,26). The number of ether oxygens (including phenoxy) is 1. The molecule has 2 aliphatic rings. The molecule has 2 aliphatic heterocycles. The lowest BCUT2D eigenvalue weighted by Crippen LogP contribution is -2.46. The Labute approximate surface area is 194 Å². The Bertz CT molecular complexity index is 1210. The van der Waals surface area contributed by atoms with Crippen molar-refractivity contribution in [1.29, 1.82) is 0 Å². The molecule has 2 N–H and O–H groups in total. The fourth-order valence-electron chi connectivity index (χ4n) is 4.01. The normalized spacial score (nSPS) is 18.2. The highest BCUT2D eigenvalue weighted by atomic mass is 35.5. The van der Waals surface area contributed by atoms with Crippen LogP contribution in [-0.4, -0.2) is 82.7 Å². The Morgan fingerprint density at radius 1 is 1.38 bits per heavy atom. The Morgan fingerprint density at radius 3 is 2.84 bits per heavy atom. The highest BCUT2D eigenvalue weighted by Gasteiger charge is 2.41. The summed E-state index contributed by atoms with van der Waals surface area (Å²) < 4.78 is 5.16. The van der Waals surface area contributed by atoms with E-state index in [0.717, 1.165) is 39.2 Å². The van der Waals surface area contributed by atoms with Crippen molar-refractivity contribution in [2.24, 2.45) is 0 Å². The number of halogens is 1. The zero-order valence-electron chi connectivity index (χ0n) is 17.9. The highest BCUT2D eigenvalue weighted by molar-refractivity contribution is 7.15. The van der Waals surface area contributed by atoms with E-state index in [2.05, 4.69) is 27.1 Å². The number of pyridine rings is 1. The monoisotopic (exact) mass is 473 g/mol. The molecule has 0 aromatic carbocycles. The number of nitrogens with zero attached hydrogens (tertiary/aromatic N) is 4. The fraction of sp³-hybridized carbons (Fsp3) is 0.409. The molecule has 3 aromatic heterocycles. The number of hydrogen-bond acceptors (Lipinski definition) is 7. The SMILES string of the molecule is CN(C)CC(=O)N1CC=C(c2cc3c(-c4cnc(C5(O)COC5)s4)c(Cl)cnc3[nH]2)CC1. The van der Waals surface area contributed by atoms with Gasteiger partial charge in [-0.3, -0.25) is 4.79 Å². The van der Waals surface area contributed by atoms with Crippen LogP contribution in [0, 0.1) is 0 Å². The fourth-order valence-corrected chi connectivity index (χ4v) is 5.37. The molecule has 5 heterocycles. The summed E-state index contributed by atoms with van der Waals surface area (Å²) in [5.74, 6) is 0.136. The van der Waals surface area contributed by atoms with Crippen LogP contribution in [0.25, 0.3) is 27.0 Å².